The lowest BCUT2D eigenvalue weighted by Crippen LogP contribution is -2.70. The van der Waals surface area contributed by atoms with E-state index < -0.39 is 151 Å². The van der Waals surface area contributed by atoms with Crippen molar-refractivity contribution in [1.29, 1.82) is 0 Å². The van der Waals surface area contributed by atoms with Gasteiger partial charge in [-0.15, -0.1) is 0 Å². The van der Waals surface area contributed by atoms with Gasteiger partial charge < -0.3 is 89.7 Å². The van der Waals surface area contributed by atoms with Gasteiger partial charge in [0.25, 0.3) is 0 Å². The van der Waals surface area contributed by atoms with Crippen LogP contribution in [-0.2, 0) is 33.2 Å². The largest absolute Gasteiger partial charge is 0.432 e. The van der Waals surface area contributed by atoms with E-state index in [1.54, 1.807) is 13.8 Å². The average molecular weight is 945 g/mol. The van der Waals surface area contributed by atoms with Crippen molar-refractivity contribution in [3.05, 3.63) is 11.6 Å². The van der Waals surface area contributed by atoms with Gasteiger partial charge in [-0.05, 0) is 91.8 Å². The monoisotopic (exact) mass is 944 g/mol. The number of carbonyl (C=O) groups is 1. The maximum Gasteiger partial charge on any atom is 0.315 e. The third-order valence-corrected chi connectivity index (χ3v) is 19.4. The van der Waals surface area contributed by atoms with E-state index in [2.05, 4.69) is 40.7 Å². The molecule has 7 fully saturated rings. The Morgan fingerprint density at radius 1 is 0.697 bits per heavy atom. The van der Waals surface area contributed by atoms with Gasteiger partial charge in [-0.3, -0.25) is 4.79 Å². The molecule has 0 amide bonds. The molecule has 0 bridgehead atoms. The highest BCUT2D eigenvalue weighted by Crippen LogP contribution is 2.76. The molecule has 0 unspecified atom stereocenters. The summed E-state index contributed by atoms with van der Waals surface area (Å²) >= 11 is 0. The number of allylic oxidation sites excluding steroid dienone is 1. The molecule has 8 aliphatic rings. The molecule has 66 heavy (non-hydrogen) atoms. The number of aliphatic hydroxyl groups is 12. The Morgan fingerprint density at radius 2 is 1.30 bits per heavy atom. The van der Waals surface area contributed by atoms with Gasteiger partial charge in [0.15, 0.2) is 12.6 Å². The van der Waals surface area contributed by atoms with Crippen LogP contribution in [-0.4, -0.2) is 191 Å². The van der Waals surface area contributed by atoms with E-state index in [4.69, 9.17) is 28.4 Å². The summed E-state index contributed by atoms with van der Waals surface area (Å²) in [5.74, 6) is -1.93. The third kappa shape index (κ3) is 7.51. The number of carbonyl (C=O) groups excluding carboxylic acids is 1. The molecule has 25 atom stereocenters. The number of hydrogen-bond acceptors (Lipinski definition) is 19. The summed E-state index contributed by atoms with van der Waals surface area (Å²) in [4.78, 5) is 14.8. The Hall–Kier alpha value is -1.47. The first-order valence-electron chi connectivity index (χ1n) is 24.0. The van der Waals surface area contributed by atoms with E-state index in [1.807, 2.05) is 0 Å². The van der Waals surface area contributed by atoms with Gasteiger partial charge in [-0.2, -0.15) is 0 Å². The Labute approximate surface area is 385 Å². The summed E-state index contributed by atoms with van der Waals surface area (Å²) in [6.07, 6.45) is -16.6. The molecule has 0 spiro atoms. The average Bonchev–Trinajstić information content (AvgIpc) is 3.26. The van der Waals surface area contributed by atoms with Crippen LogP contribution >= 0.6 is 0 Å². The minimum Gasteiger partial charge on any atom is -0.432 e. The predicted molar refractivity (Wildman–Crippen MR) is 227 cm³/mol. The first-order valence-corrected chi connectivity index (χ1v) is 24.0. The molecule has 3 aliphatic heterocycles. The third-order valence-electron chi connectivity index (χ3n) is 19.4. The number of aliphatic hydroxyl groups excluding tert-OH is 11. The zero-order valence-electron chi connectivity index (χ0n) is 39.1. The number of hydrogen-bond donors (Lipinski definition) is 12. The Bertz CT molecular complexity index is 1810. The minimum atomic E-state index is -1.82. The van der Waals surface area contributed by atoms with Crippen LogP contribution in [0.2, 0.25) is 0 Å². The van der Waals surface area contributed by atoms with Crippen LogP contribution < -0.4 is 0 Å². The van der Waals surface area contributed by atoms with Gasteiger partial charge in [0, 0.05) is 11.8 Å². The van der Waals surface area contributed by atoms with Crippen LogP contribution in [0, 0.1) is 50.7 Å². The second-order valence-corrected chi connectivity index (χ2v) is 22.8. The van der Waals surface area contributed by atoms with E-state index in [0.29, 0.717) is 19.3 Å². The Morgan fingerprint density at radius 3 is 1.92 bits per heavy atom. The van der Waals surface area contributed by atoms with Gasteiger partial charge in [0.05, 0.1) is 43.0 Å². The molecule has 378 valence electrons. The molecule has 5 aliphatic carbocycles. The molecule has 19 heteroatoms. The zero-order valence-corrected chi connectivity index (χ0v) is 39.1. The van der Waals surface area contributed by atoms with Crippen molar-refractivity contribution in [3.8, 4) is 0 Å². The van der Waals surface area contributed by atoms with Crippen LogP contribution in [0.5, 0.6) is 0 Å². The second-order valence-electron chi connectivity index (χ2n) is 22.8. The molecule has 0 aromatic rings. The maximum atomic E-state index is 14.8. The second kappa shape index (κ2) is 17.7. The summed E-state index contributed by atoms with van der Waals surface area (Å²) in [5.41, 5.74) is -3.59. The number of fused-ring (bicyclic) bond motifs is 7. The molecule has 0 aromatic heterocycles. The highest BCUT2D eigenvalue weighted by molar-refractivity contribution is 5.79. The van der Waals surface area contributed by atoms with Crippen molar-refractivity contribution in [2.75, 3.05) is 19.8 Å². The maximum absolute atomic E-state index is 14.8. The summed E-state index contributed by atoms with van der Waals surface area (Å²) in [5, 5.41) is 129. The highest BCUT2D eigenvalue weighted by atomic mass is 16.7. The number of esters is 1. The van der Waals surface area contributed by atoms with Crippen LogP contribution in [0.3, 0.4) is 0 Å². The first kappa shape index (κ1) is 50.9. The summed E-state index contributed by atoms with van der Waals surface area (Å²) in [6, 6.07) is 0. The fourth-order valence-electron chi connectivity index (χ4n) is 15.1. The van der Waals surface area contributed by atoms with Crippen molar-refractivity contribution in [2.45, 2.75) is 204 Å². The number of rotatable bonds is 8. The van der Waals surface area contributed by atoms with Crippen LogP contribution in [0.4, 0.5) is 0 Å². The molecule has 0 aromatic carbocycles. The zero-order chi connectivity index (χ0) is 48.4. The summed E-state index contributed by atoms with van der Waals surface area (Å²) < 4.78 is 35.3. The quantitative estimate of drug-likeness (QED) is 0.0766. The lowest BCUT2D eigenvalue weighted by molar-refractivity contribution is -0.357. The normalized spacial score (nSPS) is 55.9. The minimum absolute atomic E-state index is 0.0207. The Balaban J connectivity index is 1.03. The molecule has 3 saturated heterocycles. The van der Waals surface area contributed by atoms with E-state index in [0.717, 1.165) is 24.8 Å². The predicted octanol–water partition coefficient (Wildman–Crippen LogP) is -1.28. The molecule has 0 radical (unpaired) electrons. The topological polar surface area (TPSA) is 315 Å². The SMILES string of the molecule is C[C@@H]1[C@H](O)C[C@]2(C(=O)O[C@@H]3O[C@H](CO)[C@@H](O)[C@H](O)[C@H]3O)CC[C@]3(C)C(=CC[C@@H]4[C@@]5(C)CC[C@H](O[C@@H]6OC[C@H](O)[C@H](O[C@@H]7O[C@H](CO)[C@@H](O)[C@H](O)[C@H]7O)[C@H]6O)C(C)(C)[C@@H]5CC[C@]43C)[C@@H]2[C@]1(C)O. The molecule has 3 heterocycles. The molecular formula is C47H76O19. The van der Waals surface area contributed by atoms with Crippen LogP contribution in [0.25, 0.3) is 0 Å². The lowest BCUT2D eigenvalue weighted by atomic mass is 9.33. The smallest absolute Gasteiger partial charge is 0.315 e. The highest BCUT2D eigenvalue weighted by Gasteiger charge is 2.73. The van der Waals surface area contributed by atoms with Crippen LogP contribution in [0.1, 0.15) is 99.8 Å². The van der Waals surface area contributed by atoms with Gasteiger partial charge in [0.1, 0.15) is 67.1 Å². The number of ether oxygens (including phenoxy) is 6. The lowest BCUT2D eigenvalue weighted by Gasteiger charge is -2.72. The van der Waals surface area contributed by atoms with Crippen molar-refractivity contribution in [2.24, 2.45) is 50.7 Å². The summed E-state index contributed by atoms with van der Waals surface area (Å²) in [7, 11) is 0. The van der Waals surface area contributed by atoms with Crippen molar-refractivity contribution in [1.82, 2.24) is 0 Å². The first-order chi connectivity index (χ1) is 30.8. The summed E-state index contributed by atoms with van der Waals surface area (Å²) in [6.45, 7) is 13.1. The molecule has 19 nitrogen and oxygen atoms in total. The van der Waals surface area contributed by atoms with E-state index in [-0.39, 0.29) is 42.1 Å². The van der Waals surface area contributed by atoms with Crippen molar-refractivity contribution < 1.29 is 94.5 Å². The fraction of sp³-hybridized carbons (Fsp3) is 0.936. The van der Waals surface area contributed by atoms with E-state index in [9.17, 15) is 66.1 Å². The molecule has 4 saturated carbocycles. The molecular weight excluding hydrogens is 868 g/mol. The van der Waals surface area contributed by atoms with Gasteiger partial charge in [0.2, 0.25) is 6.29 Å². The van der Waals surface area contributed by atoms with Crippen molar-refractivity contribution >= 4 is 5.97 Å². The fourth-order valence-corrected chi connectivity index (χ4v) is 15.1. The molecule has 12 N–H and O–H groups in total. The van der Waals surface area contributed by atoms with Gasteiger partial charge >= 0.3 is 5.97 Å². The van der Waals surface area contributed by atoms with Gasteiger partial charge in [-0.1, -0.05) is 53.2 Å². The van der Waals surface area contributed by atoms with E-state index in [1.165, 1.54) is 0 Å². The van der Waals surface area contributed by atoms with Crippen molar-refractivity contribution in [3.63, 3.8) is 0 Å². The standard InChI is InChI=1S/C47H76O19/c1-20-22(50)16-47(41(59)66-40-34(57)32(55)30(53)25(18-49)63-40)15-14-44(5)21(37(47)46(20,7)60)8-9-27-43(4)12-11-28(42(2,3)26(43)10-13-45(27,44)6)64-38-35(58)36(23(51)19-61-38)65-39-33(56)31(54)29(52)24(17-48)62-39/h8,20,22-40,48-58,60H,9-19H2,1-7H3/t20-,22-,23+,24-,25-,26+,27-,28+,29-,30-,31+,32+,33-,34-,35-,36+,37-,38+,39+,40+,43+,44-,45-,46-,47-/m1/s1. The van der Waals surface area contributed by atoms with Crippen LogP contribution in [0.15, 0.2) is 11.6 Å². The van der Waals surface area contributed by atoms with E-state index >= 15 is 0 Å². The Kier molecular flexibility index (Phi) is 13.6. The molecule has 8 rings (SSSR count). The van der Waals surface area contributed by atoms with Gasteiger partial charge in [-0.25, -0.2) is 0 Å².